The number of rotatable bonds is 6. The van der Waals surface area contributed by atoms with Gasteiger partial charge in [-0.1, -0.05) is 75.6 Å². The molecule has 7 nitrogen and oxygen atoms in total. The van der Waals surface area contributed by atoms with Gasteiger partial charge in [0, 0.05) is 21.0 Å². The number of para-hydroxylation sites is 1. The van der Waals surface area contributed by atoms with Gasteiger partial charge in [-0.25, -0.2) is 9.78 Å². The Morgan fingerprint density at radius 1 is 1.00 bits per heavy atom. The lowest BCUT2D eigenvalue weighted by Gasteiger charge is -2.19. The molecule has 3 aliphatic rings. The number of fused-ring (bicyclic) bond motifs is 6. The van der Waals surface area contributed by atoms with Crippen LogP contribution >= 0.6 is 27.5 Å². The first-order chi connectivity index (χ1) is 20.7. The molecule has 1 saturated heterocycles. The standard InChI is InChI=1S/C34H24BrClN2O5/c1-17-13-20-14-24(17)30-29(20)32(40)38(33(30)41)22-11-7-18(8-12-22)27-15-25(23-3-2-4-26(36)31(23)37-27)34(42)43-16-28(39)19-5-9-21(35)10-6-19/h2-13,15,20,24,29-30H,14,16H2,1H3. The van der Waals surface area contributed by atoms with Crippen LogP contribution in [0.15, 0.2) is 88.9 Å². The van der Waals surface area contributed by atoms with Gasteiger partial charge in [-0.2, -0.15) is 0 Å². The number of ether oxygens (including phenoxy) is 1. The molecule has 3 aromatic carbocycles. The maximum atomic E-state index is 13.4. The number of Topliss-reactive ketones (excluding diaryl/α,β-unsaturated/α-hetero) is 1. The van der Waals surface area contributed by atoms with E-state index >= 15 is 0 Å². The third-order valence-electron chi connectivity index (χ3n) is 8.81. The van der Waals surface area contributed by atoms with E-state index in [2.05, 4.69) is 22.0 Å². The Balaban J connectivity index is 1.17. The fraction of sp³-hybridized carbons (Fsp3) is 0.206. The highest BCUT2D eigenvalue weighted by Crippen LogP contribution is 2.56. The van der Waals surface area contributed by atoms with Crippen molar-refractivity contribution >= 4 is 67.7 Å². The Kier molecular flexibility index (Phi) is 6.78. The van der Waals surface area contributed by atoms with Gasteiger partial charge in [-0.3, -0.25) is 19.3 Å². The second-order valence-corrected chi connectivity index (χ2v) is 12.5. The topological polar surface area (TPSA) is 93.6 Å². The second-order valence-electron chi connectivity index (χ2n) is 11.2. The van der Waals surface area contributed by atoms with E-state index in [1.54, 1.807) is 72.8 Å². The third-order valence-corrected chi connectivity index (χ3v) is 9.65. The molecule has 2 amide bonds. The molecule has 0 radical (unpaired) electrons. The quantitative estimate of drug-likeness (QED) is 0.0956. The summed E-state index contributed by atoms with van der Waals surface area (Å²) in [7, 11) is 0. The number of allylic oxidation sites excluding steroid dienone is 2. The maximum absolute atomic E-state index is 13.4. The molecule has 1 saturated carbocycles. The lowest BCUT2D eigenvalue weighted by Crippen LogP contribution is -2.32. The number of esters is 1. The van der Waals surface area contributed by atoms with Gasteiger partial charge >= 0.3 is 5.97 Å². The zero-order valence-electron chi connectivity index (χ0n) is 22.9. The smallest absolute Gasteiger partial charge is 0.339 e. The fourth-order valence-corrected chi connectivity index (χ4v) is 7.25. The van der Waals surface area contributed by atoms with Crippen LogP contribution in [0.1, 0.15) is 34.1 Å². The predicted molar refractivity (Wildman–Crippen MR) is 166 cm³/mol. The summed E-state index contributed by atoms with van der Waals surface area (Å²) < 4.78 is 6.27. The van der Waals surface area contributed by atoms with Crippen LogP contribution in [-0.4, -0.2) is 35.2 Å². The molecule has 2 bridgehead atoms. The minimum Gasteiger partial charge on any atom is -0.454 e. The number of hydrogen-bond acceptors (Lipinski definition) is 6. The minimum absolute atomic E-state index is 0.130. The van der Waals surface area contributed by atoms with Crippen LogP contribution in [0.5, 0.6) is 0 Å². The van der Waals surface area contributed by atoms with Crippen LogP contribution in [0, 0.1) is 23.7 Å². The van der Waals surface area contributed by atoms with Crippen molar-refractivity contribution in [3.63, 3.8) is 0 Å². The van der Waals surface area contributed by atoms with Crippen molar-refractivity contribution in [3.8, 4) is 11.3 Å². The van der Waals surface area contributed by atoms with Crippen LogP contribution < -0.4 is 4.90 Å². The summed E-state index contributed by atoms with van der Waals surface area (Å²) >= 11 is 9.82. The number of nitrogens with zero attached hydrogens (tertiary/aromatic N) is 2. The lowest BCUT2D eigenvalue weighted by atomic mass is 9.82. The highest BCUT2D eigenvalue weighted by Gasteiger charge is 2.60. The zero-order chi connectivity index (χ0) is 30.0. The molecule has 1 aromatic heterocycles. The molecule has 0 spiro atoms. The number of anilines is 1. The SMILES string of the molecule is CC1=CC2CC1C1C(=O)N(c3ccc(-c4cc(C(=O)OCC(=O)c5ccc(Br)cc5)c5cccc(Cl)c5n4)cc3)C(=O)C21. The number of amides is 2. The summed E-state index contributed by atoms with van der Waals surface area (Å²) in [6.07, 6.45) is 3.03. The van der Waals surface area contributed by atoms with Gasteiger partial charge in [0.25, 0.3) is 0 Å². The molecule has 2 aliphatic carbocycles. The van der Waals surface area contributed by atoms with E-state index in [9.17, 15) is 19.2 Å². The molecule has 0 N–H and O–H groups in total. The average molecular weight is 656 g/mol. The summed E-state index contributed by atoms with van der Waals surface area (Å²) in [4.78, 5) is 58.7. The molecule has 4 atom stereocenters. The monoisotopic (exact) mass is 654 g/mol. The predicted octanol–water partition coefficient (Wildman–Crippen LogP) is 7.06. The fourth-order valence-electron chi connectivity index (χ4n) is 6.77. The van der Waals surface area contributed by atoms with Gasteiger partial charge in [0.2, 0.25) is 11.8 Å². The van der Waals surface area contributed by atoms with Crippen molar-refractivity contribution < 1.29 is 23.9 Å². The summed E-state index contributed by atoms with van der Waals surface area (Å²) in [5.41, 5.74) is 3.87. The second kappa shape index (κ2) is 10.5. The molecule has 43 heavy (non-hydrogen) atoms. The average Bonchev–Trinajstić information content (AvgIpc) is 3.65. The molecule has 4 aromatic rings. The van der Waals surface area contributed by atoms with Crippen LogP contribution in [0.2, 0.25) is 5.02 Å². The molecule has 7 rings (SSSR count). The lowest BCUT2D eigenvalue weighted by molar-refractivity contribution is -0.123. The number of ketones is 1. The Morgan fingerprint density at radius 3 is 2.47 bits per heavy atom. The van der Waals surface area contributed by atoms with E-state index in [1.807, 2.05) is 6.92 Å². The molecule has 4 unspecified atom stereocenters. The van der Waals surface area contributed by atoms with Gasteiger partial charge in [0.15, 0.2) is 12.4 Å². The Morgan fingerprint density at radius 2 is 1.72 bits per heavy atom. The van der Waals surface area contributed by atoms with E-state index < -0.39 is 12.6 Å². The van der Waals surface area contributed by atoms with Crippen molar-refractivity contribution in [1.82, 2.24) is 4.98 Å². The number of hydrogen-bond donors (Lipinski definition) is 0. The molecule has 1 aliphatic heterocycles. The highest BCUT2D eigenvalue weighted by atomic mass is 79.9. The first-order valence-corrected chi connectivity index (χ1v) is 15.1. The van der Waals surface area contributed by atoms with Crippen molar-refractivity contribution in [2.24, 2.45) is 23.7 Å². The molecular weight excluding hydrogens is 632 g/mol. The summed E-state index contributed by atoms with van der Waals surface area (Å²) in [5, 5.41) is 0.849. The van der Waals surface area contributed by atoms with Gasteiger partial charge in [-0.05, 0) is 61.6 Å². The summed E-state index contributed by atoms with van der Waals surface area (Å²) in [6.45, 7) is 1.62. The number of aromatic nitrogens is 1. The van der Waals surface area contributed by atoms with Crippen molar-refractivity contribution in [3.05, 3.63) is 105 Å². The van der Waals surface area contributed by atoms with Crippen molar-refractivity contribution in [1.29, 1.82) is 0 Å². The van der Waals surface area contributed by atoms with E-state index in [0.717, 1.165) is 10.9 Å². The van der Waals surface area contributed by atoms with Gasteiger partial charge in [-0.15, -0.1) is 0 Å². The zero-order valence-corrected chi connectivity index (χ0v) is 25.3. The number of benzene rings is 3. The van der Waals surface area contributed by atoms with Crippen LogP contribution in [-0.2, 0) is 14.3 Å². The minimum atomic E-state index is -0.684. The van der Waals surface area contributed by atoms with Crippen molar-refractivity contribution in [2.45, 2.75) is 13.3 Å². The third kappa shape index (κ3) is 4.60. The van der Waals surface area contributed by atoms with Crippen LogP contribution in [0.4, 0.5) is 5.69 Å². The molecule has 2 fully saturated rings. The van der Waals surface area contributed by atoms with Crippen LogP contribution in [0.3, 0.4) is 0 Å². The number of halogens is 2. The summed E-state index contributed by atoms with van der Waals surface area (Å²) in [6, 6.07) is 20.5. The number of pyridine rings is 1. The van der Waals surface area contributed by atoms with Gasteiger partial charge in [0.1, 0.15) is 0 Å². The maximum Gasteiger partial charge on any atom is 0.339 e. The highest BCUT2D eigenvalue weighted by molar-refractivity contribution is 9.10. The molecule has 9 heteroatoms. The molecule has 2 heterocycles. The molecular formula is C34H24BrClN2O5. The Labute approximate surface area is 260 Å². The molecule has 214 valence electrons. The number of carbonyl (C=O) groups is 4. The van der Waals surface area contributed by atoms with Crippen molar-refractivity contribution in [2.75, 3.05) is 11.5 Å². The van der Waals surface area contributed by atoms with E-state index in [0.29, 0.717) is 38.4 Å². The Bertz CT molecular complexity index is 1890. The number of carbonyl (C=O) groups excluding carboxylic acids is 4. The van der Waals surface area contributed by atoms with Crippen LogP contribution in [0.25, 0.3) is 22.2 Å². The van der Waals surface area contributed by atoms with E-state index in [-0.39, 0.29) is 46.8 Å². The first kappa shape index (κ1) is 27.7. The summed E-state index contributed by atoms with van der Waals surface area (Å²) in [5.74, 6) is -1.59. The van der Waals surface area contributed by atoms with E-state index in [1.165, 1.54) is 10.5 Å². The van der Waals surface area contributed by atoms with Gasteiger partial charge < -0.3 is 4.74 Å². The van der Waals surface area contributed by atoms with Gasteiger partial charge in [0.05, 0.1) is 39.3 Å². The van der Waals surface area contributed by atoms with E-state index in [4.69, 9.17) is 21.3 Å². The largest absolute Gasteiger partial charge is 0.454 e. The Hall–Kier alpha value is -4.14. The first-order valence-electron chi connectivity index (χ1n) is 13.9. The normalized spacial score (nSPS) is 22.2. The number of imide groups is 1.